The van der Waals surface area contributed by atoms with Gasteiger partial charge in [-0.1, -0.05) is 35.5 Å². The summed E-state index contributed by atoms with van der Waals surface area (Å²) in [4.78, 5) is 3.58. The van der Waals surface area contributed by atoms with Crippen LogP contribution in [0.1, 0.15) is 38.1 Å². The molecule has 0 radical (unpaired) electrons. The zero-order valence-electron chi connectivity index (χ0n) is 14.2. The van der Waals surface area contributed by atoms with Crippen molar-refractivity contribution in [2.45, 2.75) is 48.2 Å². The molecule has 2 heterocycles. The summed E-state index contributed by atoms with van der Waals surface area (Å²) in [6.07, 6.45) is 6.24. The van der Waals surface area contributed by atoms with E-state index in [0.717, 1.165) is 47.1 Å². The van der Waals surface area contributed by atoms with Crippen molar-refractivity contribution in [1.29, 1.82) is 0 Å². The largest absolute Gasteiger partial charge is 0.341 e. The van der Waals surface area contributed by atoms with Gasteiger partial charge < -0.3 is 4.90 Å². The van der Waals surface area contributed by atoms with E-state index in [9.17, 15) is 0 Å². The van der Waals surface area contributed by atoms with E-state index >= 15 is 0 Å². The molecule has 25 heavy (non-hydrogen) atoms. The van der Waals surface area contributed by atoms with Crippen molar-refractivity contribution in [3.05, 3.63) is 29.3 Å². The van der Waals surface area contributed by atoms with Gasteiger partial charge in [0.25, 0.3) is 0 Å². The maximum absolute atomic E-state index is 6.21. The van der Waals surface area contributed by atoms with Crippen LogP contribution in [-0.2, 0) is 0 Å². The second-order valence-electron chi connectivity index (χ2n) is 6.56. The molecule has 2 aliphatic rings. The summed E-state index contributed by atoms with van der Waals surface area (Å²) in [6, 6.07) is 8.69. The number of benzene rings is 1. The quantitative estimate of drug-likeness (QED) is 0.457. The first-order valence-corrected chi connectivity index (χ1v) is 11.4. The van der Waals surface area contributed by atoms with Crippen LogP contribution in [0, 0.1) is 0 Å². The molecular weight excluding hydrogens is 372 g/mol. The molecule has 1 saturated carbocycles. The molecule has 0 N–H and O–H groups in total. The van der Waals surface area contributed by atoms with Crippen molar-refractivity contribution in [2.75, 3.05) is 29.5 Å². The number of rotatable bonds is 8. The first-order chi connectivity index (χ1) is 12.3. The molecule has 2 aromatic rings. The van der Waals surface area contributed by atoms with Crippen LogP contribution in [0.15, 0.2) is 34.3 Å². The van der Waals surface area contributed by atoms with E-state index in [0.29, 0.717) is 6.04 Å². The molecule has 4 nitrogen and oxygen atoms in total. The standard InChI is InChI=1S/C18H23ClN4S2/c19-15-6-1-2-7-16(15)24-12-5-13-25-18-21-20-17(22-10-3-4-11-22)23(18)14-8-9-14/h1-2,6-7,14H,3-5,8-13H2. The lowest BCUT2D eigenvalue weighted by molar-refractivity contribution is 0.651. The topological polar surface area (TPSA) is 34.0 Å². The van der Waals surface area contributed by atoms with Crippen molar-refractivity contribution in [3.8, 4) is 0 Å². The van der Waals surface area contributed by atoms with E-state index in [1.54, 1.807) is 0 Å². The van der Waals surface area contributed by atoms with Crippen LogP contribution < -0.4 is 4.90 Å². The highest BCUT2D eigenvalue weighted by Crippen LogP contribution is 2.41. The highest BCUT2D eigenvalue weighted by atomic mass is 35.5. The summed E-state index contributed by atoms with van der Waals surface area (Å²) in [7, 11) is 0. The molecule has 0 atom stereocenters. The molecule has 1 aliphatic heterocycles. The zero-order valence-corrected chi connectivity index (χ0v) is 16.6. The van der Waals surface area contributed by atoms with E-state index in [4.69, 9.17) is 11.6 Å². The Morgan fingerprint density at radius 2 is 1.80 bits per heavy atom. The summed E-state index contributed by atoms with van der Waals surface area (Å²) in [5.41, 5.74) is 0. The highest BCUT2D eigenvalue weighted by Gasteiger charge is 2.32. The number of anilines is 1. The highest BCUT2D eigenvalue weighted by molar-refractivity contribution is 8.00. The van der Waals surface area contributed by atoms with Gasteiger partial charge in [0.2, 0.25) is 5.95 Å². The minimum atomic E-state index is 0.630. The average molecular weight is 395 g/mol. The fourth-order valence-corrected chi connectivity index (χ4v) is 5.43. The van der Waals surface area contributed by atoms with E-state index in [1.807, 2.05) is 41.7 Å². The Labute approximate surface area is 162 Å². The fourth-order valence-electron chi connectivity index (χ4n) is 3.12. The van der Waals surface area contributed by atoms with Gasteiger partial charge in [-0.2, -0.15) is 0 Å². The van der Waals surface area contributed by atoms with Crippen molar-refractivity contribution in [1.82, 2.24) is 14.8 Å². The lowest BCUT2D eigenvalue weighted by atomic mass is 10.4. The third-order valence-corrected chi connectivity index (χ3v) is 7.19. The molecule has 1 aliphatic carbocycles. The summed E-state index contributed by atoms with van der Waals surface area (Å²) >= 11 is 9.89. The van der Waals surface area contributed by atoms with Crippen LogP contribution in [0.2, 0.25) is 5.02 Å². The van der Waals surface area contributed by atoms with E-state index in [1.165, 1.54) is 30.6 Å². The Bertz CT molecular complexity index is 711. The van der Waals surface area contributed by atoms with Gasteiger partial charge in [-0.25, -0.2) is 0 Å². The van der Waals surface area contributed by atoms with Crippen molar-refractivity contribution in [3.63, 3.8) is 0 Å². The van der Waals surface area contributed by atoms with E-state index in [-0.39, 0.29) is 0 Å². The van der Waals surface area contributed by atoms with Gasteiger partial charge in [0.05, 0.1) is 5.02 Å². The number of thioether (sulfide) groups is 2. The van der Waals surface area contributed by atoms with Crippen LogP contribution >= 0.6 is 35.1 Å². The fraction of sp³-hybridized carbons (Fsp3) is 0.556. The SMILES string of the molecule is Clc1ccccc1SCCCSc1nnc(N2CCCC2)n1C1CC1. The van der Waals surface area contributed by atoms with Gasteiger partial charge in [-0.15, -0.1) is 22.0 Å². The molecule has 0 spiro atoms. The monoisotopic (exact) mass is 394 g/mol. The van der Waals surface area contributed by atoms with Gasteiger partial charge in [0.1, 0.15) is 0 Å². The van der Waals surface area contributed by atoms with Crippen molar-refractivity contribution in [2.24, 2.45) is 0 Å². The van der Waals surface area contributed by atoms with E-state index in [2.05, 4.69) is 25.7 Å². The first-order valence-electron chi connectivity index (χ1n) is 9.03. The van der Waals surface area contributed by atoms with Crippen LogP contribution in [0.25, 0.3) is 0 Å². The second kappa shape index (κ2) is 8.23. The Balaban J connectivity index is 1.30. The molecule has 0 bridgehead atoms. The molecular formula is C18H23ClN4S2. The first kappa shape index (κ1) is 17.6. The number of halogens is 1. The summed E-state index contributed by atoms with van der Waals surface area (Å²) in [6.45, 7) is 2.26. The van der Waals surface area contributed by atoms with Crippen LogP contribution in [-0.4, -0.2) is 39.4 Å². The Hall–Kier alpha value is -0.850. The smallest absolute Gasteiger partial charge is 0.228 e. The predicted octanol–water partition coefficient (Wildman–Crippen LogP) is 5.14. The second-order valence-corrected chi connectivity index (χ2v) is 9.16. The Morgan fingerprint density at radius 1 is 1.04 bits per heavy atom. The molecule has 7 heteroatoms. The van der Waals surface area contributed by atoms with Gasteiger partial charge in [0, 0.05) is 29.8 Å². The third kappa shape index (κ3) is 4.29. The maximum Gasteiger partial charge on any atom is 0.228 e. The predicted molar refractivity (Wildman–Crippen MR) is 107 cm³/mol. The van der Waals surface area contributed by atoms with Crippen LogP contribution in [0.3, 0.4) is 0 Å². The average Bonchev–Trinajstić information content (AvgIpc) is 3.15. The normalized spacial score (nSPS) is 17.4. The molecule has 1 aromatic heterocycles. The number of nitrogens with zero attached hydrogens (tertiary/aromatic N) is 4. The van der Waals surface area contributed by atoms with E-state index < -0.39 is 0 Å². The van der Waals surface area contributed by atoms with Crippen LogP contribution in [0.5, 0.6) is 0 Å². The number of hydrogen-bond donors (Lipinski definition) is 0. The maximum atomic E-state index is 6.21. The molecule has 1 saturated heterocycles. The molecule has 0 unspecified atom stereocenters. The molecule has 2 fully saturated rings. The minimum Gasteiger partial charge on any atom is -0.341 e. The zero-order chi connectivity index (χ0) is 17.1. The number of aromatic nitrogens is 3. The van der Waals surface area contributed by atoms with Crippen LogP contribution in [0.4, 0.5) is 5.95 Å². The Kier molecular flexibility index (Phi) is 5.78. The van der Waals surface area contributed by atoms with Gasteiger partial charge in [-0.05, 0) is 50.0 Å². The van der Waals surface area contributed by atoms with Gasteiger partial charge in [-0.3, -0.25) is 4.57 Å². The minimum absolute atomic E-state index is 0.630. The summed E-state index contributed by atoms with van der Waals surface area (Å²) < 4.78 is 2.40. The van der Waals surface area contributed by atoms with Gasteiger partial charge >= 0.3 is 0 Å². The molecule has 134 valence electrons. The number of hydrogen-bond acceptors (Lipinski definition) is 5. The molecule has 0 amide bonds. The summed E-state index contributed by atoms with van der Waals surface area (Å²) in [5, 5.41) is 11.0. The van der Waals surface area contributed by atoms with Crippen molar-refractivity contribution < 1.29 is 0 Å². The third-order valence-electron chi connectivity index (χ3n) is 4.56. The van der Waals surface area contributed by atoms with Gasteiger partial charge in [0.15, 0.2) is 5.16 Å². The van der Waals surface area contributed by atoms with Crippen molar-refractivity contribution >= 4 is 41.1 Å². The Morgan fingerprint density at radius 3 is 2.56 bits per heavy atom. The lowest BCUT2D eigenvalue weighted by Crippen LogP contribution is -2.22. The summed E-state index contributed by atoms with van der Waals surface area (Å²) in [5.74, 6) is 3.25. The molecule has 1 aromatic carbocycles. The molecule has 4 rings (SSSR count). The lowest BCUT2D eigenvalue weighted by Gasteiger charge is -2.17.